The summed E-state index contributed by atoms with van der Waals surface area (Å²) in [4.78, 5) is 0. The summed E-state index contributed by atoms with van der Waals surface area (Å²) in [5.41, 5.74) is 7.66. The number of rotatable bonds is 1. The maximum atomic E-state index is 6.17. The minimum atomic E-state index is 0.190. The highest BCUT2D eigenvalue weighted by molar-refractivity contribution is 9.10. The van der Waals surface area contributed by atoms with Gasteiger partial charge in [0.05, 0.1) is 0 Å². The number of hydrogen-bond acceptors (Lipinski definition) is 2. The van der Waals surface area contributed by atoms with E-state index in [2.05, 4.69) is 77.9 Å². The molecule has 0 saturated carbocycles. The molecular formula is C21H21BrN3O+. The minimum absolute atomic E-state index is 0.190. The Morgan fingerprint density at radius 2 is 1.92 bits per heavy atom. The molecule has 5 rings (SSSR count). The predicted octanol–water partition coefficient (Wildman–Crippen LogP) is 3.89. The molecule has 4 nitrogen and oxygen atoms in total. The molecule has 0 saturated heterocycles. The van der Waals surface area contributed by atoms with Crippen LogP contribution in [0.25, 0.3) is 5.69 Å². The van der Waals surface area contributed by atoms with Crippen molar-refractivity contribution in [3.63, 3.8) is 0 Å². The summed E-state index contributed by atoms with van der Waals surface area (Å²) in [5, 5.41) is 4.87. The van der Waals surface area contributed by atoms with E-state index in [9.17, 15) is 0 Å². The molecule has 0 bridgehead atoms. The third kappa shape index (κ3) is 2.37. The molecule has 3 aromatic rings. The third-order valence-corrected chi connectivity index (χ3v) is 6.04. The van der Waals surface area contributed by atoms with E-state index in [0.29, 0.717) is 6.61 Å². The van der Waals surface area contributed by atoms with Gasteiger partial charge in [-0.2, -0.15) is 0 Å². The Morgan fingerprint density at radius 3 is 2.69 bits per heavy atom. The molecular weight excluding hydrogens is 390 g/mol. The summed E-state index contributed by atoms with van der Waals surface area (Å²) in [6, 6.07) is 11.2. The van der Waals surface area contributed by atoms with Gasteiger partial charge in [-0.3, -0.25) is 0 Å². The van der Waals surface area contributed by atoms with Crippen LogP contribution in [0.1, 0.15) is 39.7 Å². The van der Waals surface area contributed by atoms with Crippen molar-refractivity contribution in [2.24, 2.45) is 0 Å². The lowest BCUT2D eigenvalue weighted by Gasteiger charge is -2.23. The molecule has 132 valence electrons. The van der Waals surface area contributed by atoms with E-state index >= 15 is 0 Å². The lowest BCUT2D eigenvalue weighted by Crippen LogP contribution is -2.51. The molecule has 2 heterocycles. The fraction of sp³-hybridized carbons (Fsp3) is 0.333. The number of hydrogen-bond donors (Lipinski definition) is 0. The van der Waals surface area contributed by atoms with Gasteiger partial charge in [-0.1, -0.05) is 44.4 Å². The molecule has 0 radical (unpaired) electrons. The van der Waals surface area contributed by atoms with Crippen molar-refractivity contribution in [1.82, 2.24) is 9.78 Å². The molecule has 0 fully saturated rings. The first-order valence-corrected chi connectivity index (χ1v) is 9.78. The zero-order valence-electron chi connectivity index (χ0n) is 15.2. The smallest absolute Gasteiger partial charge is 0.304 e. The van der Waals surface area contributed by atoms with Crippen molar-refractivity contribution in [2.45, 2.75) is 45.9 Å². The molecule has 1 aliphatic heterocycles. The van der Waals surface area contributed by atoms with Gasteiger partial charge < -0.3 is 4.74 Å². The maximum Gasteiger partial charge on any atom is 0.304 e. The van der Waals surface area contributed by atoms with E-state index in [-0.39, 0.29) is 12.1 Å². The van der Waals surface area contributed by atoms with Crippen molar-refractivity contribution >= 4 is 15.9 Å². The number of aromatic nitrogens is 3. The Morgan fingerprint density at radius 1 is 1.15 bits per heavy atom. The van der Waals surface area contributed by atoms with E-state index in [1.807, 2.05) is 4.68 Å². The van der Waals surface area contributed by atoms with Gasteiger partial charge in [0.15, 0.2) is 0 Å². The summed E-state index contributed by atoms with van der Waals surface area (Å²) >= 11 is 3.62. The van der Waals surface area contributed by atoms with Gasteiger partial charge >= 0.3 is 5.82 Å². The van der Waals surface area contributed by atoms with Crippen LogP contribution >= 0.6 is 15.9 Å². The van der Waals surface area contributed by atoms with Crippen LogP contribution in [0.5, 0.6) is 0 Å². The van der Waals surface area contributed by atoms with E-state index in [4.69, 9.17) is 9.84 Å². The van der Waals surface area contributed by atoms with Gasteiger partial charge in [-0.05, 0) is 55.2 Å². The molecule has 1 aromatic heterocycles. The average molecular weight is 411 g/mol. The molecule has 0 amide bonds. The first-order valence-electron chi connectivity index (χ1n) is 8.99. The second-order valence-electron chi connectivity index (χ2n) is 7.47. The quantitative estimate of drug-likeness (QED) is 0.569. The van der Waals surface area contributed by atoms with Gasteiger partial charge in [-0.25, -0.2) is 4.57 Å². The number of fused-ring (bicyclic) bond motifs is 5. The van der Waals surface area contributed by atoms with Crippen molar-refractivity contribution < 1.29 is 9.30 Å². The van der Waals surface area contributed by atoms with Crippen molar-refractivity contribution in [1.29, 1.82) is 0 Å². The Bertz CT molecular complexity index is 1020. The molecule has 2 aromatic carbocycles. The standard InChI is InChI=1S/C21H21BrN3O/c1-12-6-13(2)20(14(3)7-12)25-11-24-19(23-25)10-26-18-8-15-4-5-16(22)9-17(15)21(18)24/h4-7,9,11,18,21H,8,10H2,1-3H3/q+1/t18-,21+/m0/s1. The van der Waals surface area contributed by atoms with Crippen LogP contribution in [0.3, 0.4) is 0 Å². The molecule has 2 atom stereocenters. The zero-order chi connectivity index (χ0) is 18.0. The SMILES string of the molecule is Cc1cc(C)c(-n2c[n+]3c(n2)CO[C@H]2Cc4ccc(Br)cc4[C@H]23)c(C)c1. The van der Waals surface area contributed by atoms with Gasteiger partial charge in [0, 0.05) is 16.0 Å². The molecule has 2 aliphatic rings. The topological polar surface area (TPSA) is 30.9 Å². The van der Waals surface area contributed by atoms with Crippen LogP contribution in [-0.4, -0.2) is 15.9 Å². The highest BCUT2D eigenvalue weighted by atomic mass is 79.9. The molecule has 26 heavy (non-hydrogen) atoms. The fourth-order valence-electron chi connectivity index (χ4n) is 4.58. The van der Waals surface area contributed by atoms with E-state index in [1.165, 1.54) is 33.5 Å². The lowest BCUT2D eigenvalue weighted by molar-refractivity contribution is -0.739. The van der Waals surface area contributed by atoms with Crippen molar-refractivity contribution in [2.75, 3.05) is 0 Å². The number of halogens is 1. The van der Waals surface area contributed by atoms with Crippen LogP contribution < -0.4 is 4.57 Å². The van der Waals surface area contributed by atoms with E-state index in [1.54, 1.807) is 0 Å². The van der Waals surface area contributed by atoms with E-state index < -0.39 is 0 Å². The van der Waals surface area contributed by atoms with Crippen LogP contribution in [0.4, 0.5) is 0 Å². The van der Waals surface area contributed by atoms with Crippen LogP contribution in [0, 0.1) is 20.8 Å². The summed E-state index contributed by atoms with van der Waals surface area (Å²) in [6.45, 7) is 7.01. The Balaban J connectivity index is 1.65. The lowest BCUT2D eigenvalue weighted by atomic mass is 10.1. The Kier molecular flexibility index (Phi) is 3.59. The zero-order valence-corrected chi connectivity index (χ0v) is 16.7. The van der Waals surface area contributed by atoms with Crippen molar-refractivity contribution in [3.05, 3.63) is 74.8 Å². The van der Waals surface area contributed by atoms with Gasteiger partial charge in [0.2, 0.25) is 6.33 Å². The minimum Gasteiger partial charge on any atom is -0.363 e. The summed E-state index contributed by atoms with van der Waals surface area (Å²) in [6.07, 6.45) is 3.30. The molecule has 1 aliphatic carbocycles. The average Bonchev–Trinajstić information content (AvgIpc) is 3.14. The summed E-state index contributed by atoms with van der Waals surface area (Å²) < 4.78 is 11.6. The Hall–Kier alpha value is -1.98. The molecule has 0 unspecified atom stereocenters. The maximum absolute atomic E-state index is 6.17. The molecule has 0 spiro atoms. The molecule has 0 N–H and O–H groups in total. The first-order chi connectivity index (χ1) is 12.5. The van der Waals surface area contributed by atoms with Gasteiger partial charge in [-0.15, -0.1) is 0 Å². The second-order valence-corrected chi connectivity index (χ2v) is 8.39. The monoisotopic (exact) mass is 410 g/mol. The third-order valence-electron chi connectivity index (χ3n) is 5.55. The first kappa shape index (κ1) is 16.2. The number of benzene rings is 2. The summed E-state index contributed by atoms with van der Waals surface area (Å²) in [5.74, 6) is 0.985. The second kappa shape index (κ2) is 5.76. The van der Waals surface area contributed by atoms with Gasteiger partial charge in [0.1, 0.15) is 24.4 Å². The normalized spacial score (nSPS) is 20.6. The number of nitrogens with zero attached hydrogens (tertiary/aromatic N) is 3. The van der Waals surface area contributed by atoms with Crippen LogP contribution in [-0.2, 0) is 17.8 Å². The van der Waals surface area contributed by atoms with Crippen LogP contribution in [0.2, 0.25) is 0 Å². The van der Waals surface area contributed by atoms with E-state index in [0.717, 1.165) is 16.7 Å². The van der Waals surface area contributed by atoms with Crippen LogP contribution in [0.15, 0.2) is 41.1 Å². The molecule has 5 heteroatoms. The Labute approximate surface area is 161 Å². The summed E-state index contributed by atoms with van der Waals surface area (Å²) in [7, 11) is 0. The predicted molar refractivity (Wildman–Crippen MR) is 103 cm³/mol. The van der Waals surface area contributed by atoms with Crippen molar-refractivity contribution in [3.8, 4) is 5.69 Å². The van der Waals surface area contributed by atoms with Gasteiger partial charge in [0.25, 0.3) is 0 Å². The largest absolute Gasteiger partial charge is 0.363 e. The number of ether oxygens (including phenoxy) is 1. The highest BCUT2D eigenvalue weighted by Crippen LogP contribution is 2.37. The fourth-order valence-corrected chi connectivity index (χ4v) is 4.96. The highest BCUT2D eigenvalue weighted by Gasteiger charge is 2.43. The number of aryl methyl sites for hydroxylation is 3.